The zero-order chi connectivity index (χ0) is 8.16. The number of nitrogens with one attached hydrogen (secondary N) is 2. The molecule has 0 amide bonds. The summed E-state index contributed by atoms with van der Waals surface area (Å²) >= 11 is 0. The van der Waals surface area contributed by atoms with Gasteiger partial charge in [-0.15, -0.1) is 0 Å². The molecule has 0 saturated carbocycles. The molecule has 4 nitrogen and oxygen atoms in total. The minimum atomic E-state index is -1.10. The van der Waals surface area contributed by atoms with Crippen molar-refractivity contribution in [3.8, 4) is 0 Å². The molecule has 11 heavy (non-hydrogen) atoms. The van der Waals surface area contributed by atoms with E-state index in [0.717, 1.165) is 26.1 Å². The average Bonchev–Trinajstić information content (AvgIpc) is 1.98. The fraction of sp³-hybridized carbons (Fsp3) is 1.00. The van der Waals surface area contributed by atoms with Crippen LogP contribution in [0.5, 0.6) is 0 Å². The lowest BCUT2D eigenvalue weighted by atomic mass is 10.2. The second kappa shape index (κ2) is 4.01. The number of aliphatic hydroxyl groups is 1. The molecule has 1 fully saturated rings. The highest BCUT2D eigenvalue weighted by Crippen LogP contribution is 2.09. The number of hydrogen-bond acceptors (Lipinski definition) is 4. The van der Waals surface area contributed by atoms with Crippen molar-refractivity contribution >= 4 is 0 Å². The van der Waals surface area contributed by atoms with Gasteiger partial charge >= 0.3 is 0 Å². The number of ether oxygens (including phenoxy) is 1. The first kappa shape index (κ1) is 8.93. The smallest absolute Gasteiger partial charge is 0.224 e. The van der Waals surface area contributed by atoms with Crippen molar-refractivity contribution < 1.29 is 9.84 Å². The molecule has 0 spiro atoms. The Balaban J connectivity index is 2.37. The van der Waals surface area contributed by atoms with Gasteiger partial charge in [-0.1, -0.05) is 0 Å². The molecule has 1 aliphatic rings. The zero-order valence-electron chi connectivity index (χ0n) is 6.89. The molecule has 1 saturated heterocycles. The van der Waals surface area contributed by atoms with Crippen LogP contribution >= 0.6 is 0 Å². The van der Waals surface area contributed by atoms with Crippen molar-refractivity contribution in [3.05, 3.63) is 0 Å². The third-order valence-corrected chi connectivity index (χ3v) is 1.91. The Kier molecular flexibility index (Phi) is 3.26. The predicted octanol–water partition coefficient (Wildman–Crippen LogP) is -0.748. The van der Waals surface area contributed by atoms with E-state index in [1.807, 2.05) is 0 Å². The van der Waals surface area contributed by atoms with Crippen LogP contribution in [0.25, 0.3) is 0 Å². The van der Waals surface area contributed by atoms with Crippen LogP contribution in [0.15, 0.2) is 0 Å². The van der Waals surface area contributed by atoms with Gasteiger partial charge in [0.25, 0.3) is 0 Å². The summed E-state index contributed by atoms with van der Waals surface area (Å²) in [5.41, 5.74) is 0. The first-order chi connectivity index (χ1) is 5.27. The molecule has 0 aromatic heterocycles. The van der Waals surface area contributed by atoms with E-state index in [9.17, 15) is 5.11 Å². The lowest BCUT2D eigenvalue weighted by Gasteiger charge is -2.29. The van der Waals surface area contributed by atoms with Gasteiger partial charge in [0.2, 0.25) is 5.91 Å². The number of rotatable bonds is 1. The van der Waals surface area contributed by atoms with Crippen LogP contribution < -0.4 is 10.6 Å². The molecule has 0 bridgehead atoms. The van der Waals surface area contributed by atoms with Crippen LogP contribution in [0.3, 0.4) is 0 Å². The van der Waals surface area contributed by atoms with Gasteiger partial charge in [-0.2, -0.15) is 0 Å². The Labute approximate surface area is 66.9 Å². The first-order valence-corrected chi connectivity index (χ1v) is 4.00. The van der Waals surface area contributed by atoms with Gasteiger partial charge in [-0.25, -0.2) is 0 Å². The molecule has 1 aliphatic heterocycles. The SMILES string of the molecule is COC1(O)CCCNCCN1. The van der Waals surface area contributed by atoms with E-state index in [1.54, 1.807) is 0 Å². The van der Waals surface area contributed by atoms with Gasteiger partial charge < -0.3 is 15.2 Å². The largest absolute Gasteiger partial charge is 0.353 e. The van der Waals surface area contributed by atoms with E-state index >= 15 is 0 Å². The van der Waals surface area contributed by atoms with E-state index in [4.69, 9.17) is 4.74 Å². The molecule has 1 unspecified atom stereocenters. The van der Waals surface area contributed by atoms with E-state index in [-0.39, 0.29) is 0 Å². The molecular formula is C7H16N2O2. The average molecular weight is 160 g/mol. The molecule has 0 radical (unpaired) electrons. The van der Waals surface area contributed by atoms with Crippen molar-refractivity contribution in [2.24, 2.45) is 0 Å². The van der Waals surface area contributed by atoms with Gasteiger partial charge in [0.15, 0.2) is 0 Å². The molecule has 1 atom stereocenters. The standard InChI is InChI=1S/C7H16N2O2/c1-11-7(10)3-2-4-8-5-6-9-7/h8-10H,2-6H2,1H3. The fourth-order valence-electron chi connectivity index (χ4n) is 1.19. The van der Waals surface area contributed by atoms with Crippen molar-refractivity contribution in [1.29, 1.82) is 0 Å². The molecule has 1 rings (SSSR count). The first-order valence-electron chi connectivity index (χ1n) is 4.00. The summed E-state index contributed by atoms with van der Waals surface area (Å²) in [6.07, 6.45) is 1.56. The Hall–Kier alpha value is -0.160. The molecule has 0 aromatic carbocycles. The summed E-state index contributed by atoms with van der Waals surface area (Å²) in [6, 6.07) is 0. The lowest BCUT2D eigenvalue weighted by Crippen LogP contribution is -2.51. The fourth-order valence-corrected chi connectivity index (χ4v) is 1.19. The minimum Gasteiger partial charge on any atom is -0.353 e. The van der Waals surface area contributed by atoms with Gasteiger partial charge in [0, 0.05) is 26.6 Å². The maximum Gasteiger partial charge on any atom is 0.224 e. The highest BCUT2D eigenvalue weighted by Gasteiger charge is 2.25. The van der Waals surface area contributed by atoms with Crippen molar-refractivity contribution in [2.75, 3.05) is 26.7 Å². The maximum absolute atomic E-state index is 9.62. The summed E-state index contributed by atoms with van der Waals surface area (Å²) in [5.74, 6) is -1.10. The Bertz CT molecular complexity index is 111. The van der Waals surface area contributed by atoms with Gasteiger partial charge in [0.05, 0.1) is 0 Å². The molecule has 66 valence electrons. The predicted molar refractivity (Wildman–Crippen MR) is 42.1 cm³/mol. The topological polar surface area (TPSA) is 53.5 Å². The third kappa shape index (κ3) is 2.75. The highest BCUT2D eigenvalue weighted by molar-refractivity contribution is 4.68. The molecule has 3 N–H and O–H groups in total. The van der Waals surface area contributed by atoms with E-state index in [2.05, 4.69) is 10.6 Å². The lowest BCUT2D eigenvalue weighted by molar-refractivity contribution is -0.213. The van der Waals surface area contributed by atoms with Crippen LogP contribution in [0.2, 0.25) is 0 Å². The molecule has 0 aromatic rings. The van der Waals surface area contributed by atoms with Crippen LogP contribution in [0.1, 0.15) is 12.8 Å². The zero-order valence-corrected chi connectivity index (χ0v) is 6.89. The second-order valence-electron chi connectivity index (χ2n) is 2.77. The van der Waals surface area contributed by atoms with Gasteiger partial charge in [-0.05, 0) is 13.0 Å². The summed E-state index contributed by atoms with van der Waals surface area (Å²) in [5, 5.41) is 15.8. The maximum atomic E-state index is 9.62. The second-order valence-corrected chi connectivity index (χ2v) is 2.77. The van der Waals surface area contributed by atoms with Crippen LogP contribution in [-0.4, -0.2) is 37.8 Å². The summed E-state index contributed by atoms with van der Waals surface area (Å²) in [7, 11) is 1.52. The van der Waals surface area contributed by atoms with Crippen LogP contribution in [0.4, 0.5) is 0 Å². The van der Waals surface area contributed by atoms with E-state index < -0.39 is 5.91 Å². The molecule has 1 heterocycles. The molecule has 0 aliphatic carbocycles. The van der Waals surface area contributed by atoms with E-state index in [1.165, 1.54) is 7.11 Å². The number of methoxy groups -OCH3 is 1. The summed E-state index contributed by atoms with van der Waals surface area (Å²) in [4.78, 5) is 0. The van der Waals surface area contributed by atoms with E-state index in [0.29, 0.717) is 6.42 Å². The summed E-state index contributed by atoms with van der Waals surface area (Å²) in [6.45, 7) is 2.57. The van der Waals surface area contributed by atoms with Gasteiger partial charge in [-0.3, -0.25) is 5.32 Å². The third-order valence-electron chi connectivity index (χ3n) is 1.91. The Morgan fingerprint density at radius 1 is 1.36 bits per heavy atom. The Morgan fingerprint density at radius 3 is 2.91 bits per heavy atom. The monoisotopic (exact) mass is 160 g/mol. The van der Waals surface area contributed by atoms with Crippen LogP contribution in [0, 0.1) is 0 Å². The summed E-state index contributed by atoms with van der Waals surface area (Å²) < 4.78 is 4.93. The quantitative estimate of drug-likeness (QED) is 0.442. The highest BCUT2D eigenvalue weighted by atomic mass is 16.6. The van der Waals surface area contributed by atoms with Gasteiger partial charge in [0.1, 0.15) is 0 Å². The van der Waals surface area contributed by atoms with Crippen LogP contribution in [-0.2, 0) is 4.74 Å². The van der Waals surface area contributed by atoms with Crippen molar-refractivity contribution in [1.82, 2.24) is 10.6 Å². The molecule has 4 heteroatoms. The van der Waals surface area contributed by atoms with Crippen molar-refractivity contribution in [3.63, 3.8) is 0 Å². The Morgan fingerprint density at radius 2 is 2.18 bits per heavy atom. The number of hydrogen-bond donors (Lipinski definition) is 3. The van der Waals surface area contributed by atoms with Crippen molar-refractivity contribution in [2.45, 2.75) is 18.8 Å². The minimum absolute atomic E-state index is 0.635. The normalized spacial score (nSPS) is 34.4. The molecular weight excluding hydrogens is 144 g/mol.